The molecule has 0 N–H and O–H groups in total. The van der Waals surface area contributed by atoms with Crippen molar-refractivity contribution in [1.82, 2.24) is 4.90 Å². The van der Waals surface area contributed by atoms with Gasteiger partial charge in [-0.3, -0.25) is 0 Å². The fourth-order valence-electron chi connectivity index (χ4n) is 1.96. The minimum Gasteiger partial charge on any atom is -0.378 e. The lowest BCUT2D eigenvalue weighted by Gasteiger charge is -2.31. The topological polar surface area (TPSA) is 25.0 Å². The predicted molar refractivity (Wildman–Crippen MR) is 50.8 cm³/mol. The molecule has 2 rings (SSSR count). The molecule has 1 atom stereocenters. The summed E-state index contributed by atoms with van der Waals surface area (Å²) in [6.07, 6.45) is 3.45. The van der Waals surface area contributed by atoms with Gasteiger partial charge in [0, 0.05) is 26.2 Å². The fourth-order valence-corrected chi connectivity index (χ4v) is 1.96. The molecule has 0 aliphatic carbocycles. The molecule has 0 amide bonds. The van der Waals surface area contributed by atoms with Gasteiger partial charge < -0.3 is 14.4 Å². The summed E-state index contributed by atoms with van der Waals surface area (Å²) in [5.41, 5.74) is 0. The Morgan fingerprint density at radius 2 is 2.08 bits per heavy atom. The van der Waals surface area contributed by atoms with Gasteiger partial charge in [-0.1, -0.05) is 0 Å². The predicted octanol–water partition coefficient (Wildman–Crippen LogP) is 0.886. The minimum absolute atomic E-state index is 0.515. The van der Waals surface area contributed by atoms with Crippen LogP contribution in [0.2, 0.25) is 0 Å². The molecule has 1 unspecified atom stereocenters. The second-order valence-corrected chi connectivity index (χ2v) is 3.91. The quantitative estimate of drug-likeness (QED) is 0.608. The monoisotopic (exact) mass is 185 g/mol. The maximum atomic E-state index is 5.59. The number of likely N-dealkylation sites (tertiary alicyclic amines) is 1. The van der Waals surface area contributed by atoms with E-state index in [1.54, 1.807) is 0 Å². The first kappa shape index (κ1) is 9.44. The van der Waals surface area contributed by atoms with Crippen LogP contribution in [0.25, 0.3) is 0 Å². The summed E-state index contributed by atoms with van der Waals surface area (Å²) in [4.78, 5) is 2.49. The highest BCUT2D eigenvalue weighted by molar-refractivity contribution is 4.79. The molecule has 2 aliphatic rings. The van der Waals surface area contributed by atoms with Crippen LogP contribution in [0.4, 0.5) is 0 Å². The molecule has 0 aromatic heterocycles. The molecule has 0 spiro atoms. The normalized spacial score (nSPS) is 30.7. The fraction of sp³-hybridized carbons (Fsp3) is 1.00. The molecule has 0 aromatic carbocycles. The molecule has 2 aliphatic heterocycles. The Morgan fingerprint density at radius 1 is 1.38 bits per heavy atom. The van der Waals surface area contributed by atoms with Crippen molar-refractivity contribution in [3.8, 4) is 0 Å². The molecule has 0 saturated carbocycles. The van der Waals surface area contributed by atoms with E-state index in [1.807, 2.05) is 0 Å². The Hall–Kier alpha value is -0.120. The van der Waals surface area contributed by atoms with Crippen LogP contribution in [0.1, 0.15) is 19.8 Å². The third kappa shape index (κ3) is 2.93. The molecule has 2 saturated heterocycles. The van der Waals surface area contributed by atoms with Gasteiger partial charge in [0.05, 0.1) is 18.8 Å². The Balaban J connectivity index is 1.63. The van der Waals surface area contributed by atoms with Crippen LogP contribution in [0.5, 0.6) is 0 Å². The second-order valence-electron chi connectivity index (χ2n) is 3.91. The Labute approximate surface area is 80.0 Å². The number of epoxide rings is 1. The number of piperidine rings is 1. The smallest absolute Gasteiger partial charge is 0.0936 e. The van der Waals surface area contributed by atoms with E-state index in [2.05, 4.69) is 11.8 Å². The number of nitrogens with zero attached hydrogens (tertiary/aromatic N) is 1. The average Bonchev–Trinajstić information content (AvgIpc) is 2.93. The van der Waals surface area contributed by atoms with Gasteiger partial charge in [-0.05, 0) is 19.8 Å². The van der Waals surface area contributed by atoms with Gasteiger partial charge in [0.25, 0.3) is 0 Å². The summed E-state index contributed by atoms with van der Waals surface area (Å²) >= 11 is 0. The maximum absolute atomic E-state index is 5.59. The van der Waals surface area contributed by atoms with Crippen molar-refractivity contribution in [2.24, 2.45) is 0 Å². The van der Waals surface area contributed by atoms with Crippen LogP contribution < -0.4 is 0 Å². The number of hydrogen-bond acceptors (Lipinski definition) is 3. The van der Waals surface area contributed by atoms with Gasteiger partial charge in [-0.15, -0.1) is 0 Å². The summed E-state index contributed by atoms with van der Waals surface area (Å²) < 4.78 is 10.8. The highest BCUT2D eigenvalue weighted by atomic mass is 16.6. The number of hydrogen-bond donors (Lipinski definition) is 0. The molecule has 0 radical (unpaired) electrons. The maximum Gasteiger partial charge on any atom is 0.0936 e. The summed E-state index contributed by atoms with van der Waals surface area (Å²) in [5, 5.41) is 0. The summed E-state index contributed by atoms with van der Waals surface area (Å²) in [6.45, 7) is 7.42. The molecule has 0 bridgehead atoms. The third-order valence-corrected chi connectivity index (χ3v) is 2.80. The highest BCUT2D eigenvalue weighted by Gasteiger charge is 2.27. The molecule has 2 fully saturated rings. The van der Waals surface area contributed by atoms with E-state index in [0.29, 0.717) is 12.2 Å². The summed E-state index contributed by atoms with van der Waals surface area (Å²) in [7, 11) is 0. The summed E-state index contributed by atoms with van der Waals surface area (Å²) in [6, 6.07) is 0. The SMILES string of the molecule is CCOC1CCN(CC2CO2)CC1. The van der Waals surface area contributed by atoms with Gasteiger partial charge in [0.1, 0.15) is 0 Å². The number of ether oxygens (including phenoxy) is 2. The first-order valence-corrected chi connectivity index (χ1v) is 5.34. The first-order valence-electron chi connectivity index (χ1n) is 5.34. The van der Waals surface area contributed by atoms with Crippen molar-refractivity contribution in [2.75, 3.05) is 32.8 Å². The molecule has 0 aromatic rings. The average molecular weight is 185 g/mol. The van der Waals surface area contributed by atoms with Gasteiger partial charge in [-0.2, -0.15) is 0 Å². The lowest BCUT2D eigenvalue weighted by molar-refractivity contribution is 0.0130. The van der Waals surface area contributed by atoms with Gasteiger partial charge in [-0.25, -0.2) is 0 Å². The third-order valence-electron chi connectivity index (χ3n) is 2.80. The van der Waals surface area contributed by atoms with Gasteiger partial charge in [0.2, 0.25) is 0 Å². The van der Waals surface area contributed by atoms with Crippen LogP contribution in [0.3, 0.4) is 0 Å². The van der Waals surface area contributed by atoms with Gasteiger partial charge >= 0.3 is 0 Å². The van der Waals surface area contributed by atoms with E-state index >= 15 is 0 Å². The van der Waals surface area contributed by atoms with Crippen LogP contribution >= 0.6 is 0 Å². The van der Waals surface area contributed by atoms with E-state index in [1.165, 1.54) is 25.9 Å². The van der Waals surface area contributed by atoms with Crippen molar-refractivity contribution in [3.63, 3.8) is 0 Å². The molecule has 3 heteroatoms. The van der Waals surface area contributed by atoms with E-state index in [0.717, 1.165) is 19.8 Å². The lowest BCUT2D eigenvalue weighted by Crippen LogP contribution is -2.39. The van der Waals surface area contributed by atoms with Gasteiger partial charge in [0.15, 0.2) is 0 Å². The van der Waals surface area contributed by atoms with Crippen LogP contribution in [0, 0.1) is 0 Å². The standard InChI is InChI=1S/C10H19NO2/c1-2-12-9-3-5-11(6-4-9)7-10-8-13-10/h9-10H,2-8H2,1H3. The lowest BCUT2D eigenvalue weighted by atomic mass is 10.1. The molecule has 13 heavy (non-hydrogen) atoms. The van der Waals surface area contributed by atoms with Crippen molar-refractivity contribution in [3.05, 3.63) is 0 Å². The zero-order valence-corrected chi connectivity index (χ0v) is 8.37. The Kier molecular flexibility index (Phi) is 3.19. The van der Waals surface area contributed by atoms with Crippen LogP contribution in [-0.2, 0) is 9.47 Å². The molecular weight excluding hydrogens is 166 g/mol. The molecular formula is C10H19NO2. The molecule has 3 nitrogen and oxygen atoms in total. The Morgan fingerprint density at radius 3 is 2.62 bits per heavy atom. The van der Waals surface area contributed by atoms with Crippen molar-refractivity contribution < 1.29 is 9.47 Å². The van der Waals surface area contributed by atoms with Crippen molar-refractivity contribution in [1.29, 1.82) is 0 Å². The van der Waals surface area contributed by atoms with Crippen molar-refractivity contribution in [2.45, 2.75) is 32.0 Å². The number of rotatable bonds is 4. The molecule has 2 heterocycles. The van der Waals surface area contributed by atoms with E-state index in [9.17, 15) is 0 Å². The zero-order chi connectivity index (χ0) is 9.10. The minimum atomic E-state index is 0.515. The molecule has 76 valence electrons. The largest absolute Gasteiger partial charge is 0.378 e. The van der Waals surface area contributed by atoms with E-state index in [-0.39, 0.29) is 0 Å². The van der Waals surface area contributed by atoms with Crippen LogP contribution in [-0.4, -0.2) is 50.0 Å². The summed E-state index contributed by atoms with van der Waals surface area (Å²) in [5.74, 6) is 0. The van der Waals surface area contributed by atoms with Crippen LogP contribution in [0.15, 0.2) is 0 Å². The first-order chi connectivity index (χ1) is 6.38. The second kappa shape index (κ2) is 4.40. The Bertz CT molecular complexity index is 151. The van der Waals surface area contributed by atoms with Crippen molar-refractivity contribution >= 4 is 0 Å². The van der Waals surface area contributed by atoms with E-state index in [4.69, 9.17) is 9.47 Å². The van der Waals surface area contributed by atoms with E-state index < -0.39 is 0 Å². The zero-order valence-electron chi connectivity index (χ0n) is 8.37. The highest BCUT2D eigenvalue weighted by Crippen LogP contribution is 2.17.